The number of nitrogens with zero attached hydrogens (tertiary/aromatic N) is 1. The third kappa shape index (κ3) is 6.45. The Kier molecular flexibility index (Phi) is 6.84. The Bertz CT molecular complexity index is 912. The van der Waals surface area contributed by atoms with Crippen LogP contribution < -0.4 is 10.6 Å². The molecule has 0 radical (unpaired) electrons. The lowest BCUT2D eigenvalue weighted by molar-refractivity contribution is -0.137. The van der Waals surface area contributed by atoms with Gasteiger partial charge in [-0.3, -0.25) is 9.89 Å². The molecule has 1 aromatic carbocycles. The highest BCUT2D eigenvalue weighted by Gasteiger charge is 2.31. The van der Waals surface area contributed by atoms with Crippen LogP contribution in [0.2, 0.25) is 0 Å². The van der Waals surface area contributed by atoms with Gasteiger partial charge in [0.1, 0.15) is 12.2 Å². The monoisotopic (exact) mass is 440 g/mol. The summed E-state index contributed by atoms with van der Waals surface area (Å²) in [5.74, 6) is -0.158. The van der Waals surface area contributed by atoms with E-state index in [2.05, 4.69) is 20.8 Å². The lowest BCUT2D eigenvalue weighted by atomic mass is 10.1. The van der Waals surface area contributed by atoms with Crippen molar-refractivity contribution in [1.29, 1.82) is 0 Å². The number of nitrogens with one attached hydrogen (secondary N) is 3. The van der Waals surface area contributed by atoms with Crippen LogP contribution in [0.5, 0.6) is 0 Å². The first-order valence-electron chi connectivity index (χ1n) is 9.70. The van der Waals surface area contributed by atoms with Crippen LogP contribution >= 0.6 is 0 Å². The maximum Gasteiger partial charge on any atom is 0.416 e. The van der Waals surface area contributed by atoms with Gasteiger partial charge in [0, 0.05) is 18.5 Å². The molecule has 2 heterocycles. The molecule has 0 saturated carbocycles. The number of alkyl halides is 3. The first-order valence-corrected chi connectivity index (χ1v) is 9.70. The molecule has 3 N–H and O–H groups in total. The van der Waals surface area contributed by atoms with Crippen molar-refractivity contribution in [3.8, 4) is 0 Å². The van der Waals surface area contributed by atoms with E-state index in [1.54, 1.807) is 6.07 Å². The number of hydrogen-bond acceptors (Lipinski definition) is 5. The number of aromatic amines is 1. The summed E-state index contributed by atoms with van der Waals surface area (Å²) < 4.78 is 48.7. The number of H-pyrrole nitrogens is 1. The van der Waals surface area contributed by atoms with Gasteiger partial charge in [0.15, 0.2) is 5.82 Å². The Morgan fingerprint density at radius 1 is 1.29 bits per heavy atom. The van der Waals surface area contributed by atoms with E-state index >= 15 is 0 Å². The third-order valence-corrected chi connectivity index (χ3v) is 4.50. The van der Waals surface area contributed by atoms with Crippen molar-refractivity contribution in [2.24, 2.45) is 0 Å². The molecule has 1 aliphatic heterocycles. The van der Waals surface area contributed by atoms with E-state index < -0.39 is 29.8 Å². The van der Waals surface area contributed by atoms with E-state index in [0.29, 0.717) is 17.7 Å². The van der Waals surface area contributed by atoms with E-state index in [4.69, 9.17) is 9.47 Å². The van der Waals surface area contributed by atoms with Crippen molar-refractivity contribution < 1.29 is 32.2 Å². The van der Waals surface area contributed by atoms with Crippen molar-refractivity contribution in [3.63, 3.8) is 0 Å². The van der Waals surface area contributed by atoms with Crippen LogP contribution in [0.4, 0.5) is 23.8 Å². The van der Waals surface area contributed by atoms with Crippen molar-refractivity contribution >= 4 is 17.8 Å². The Hall–Kier alpha value is -3.08. The Morgan fingerprint density at radius 3 is 2.65 bits per heavy atom. The van der Waals surface area contributed by atoms with E-state index in [9.17, 15) is 22.8 Å². The topological polar surface area (TPSA) is 105 Å². The van der Waals surface area contributed by atoms with E-state index in [1.165, 1.54) is 12.1 Å². The van der Waals surface area contributed by atoms with Crippen LogP contribution in [0.15, 0.2) is 30.3 Å². The molecule has 2 amide bonds. The molecule has 2 unspecified atom stereocenters. The molecular weight excluding hydrogens is 417 g/mol. The van der Waals surface area contributed by atoms with Crippen LogP contribution in [0.25, 0.3) is 0 Å². The summed E-state index contributed by atoms with van der Waals surface area (Å²) in [5.41, 5.74) is 0.286. The SMILES string of the molecule is CC(C)NC(=O)OC1COC(c2cc(NC(=O)Cc3ccc(C(F)(F)F)cc3)n[nH]2)C1. The number of rotatable bonds is 6. The molecule has 1 saturated heterocycles. The molecule has 0 bridgehead atoms. The predicted octanol–water partition coefficient (Wildman–Crippen LogP) is 3.57. The number of alkyl carbamates (subject to hydrolysis) is 1. The summed E-state index contributed by atoms with van der Waals surface area (Å²) in [6.07, 6.45) is -5.36. The van der Waals surface area contributed by atoms with E-state index in [1.807, 2.05) is 13.8 Å². The molecule has 1 fully saturated rings. The third-order valence-electron chi connectivity index (χ3n) is 4.50. The number of carbonyl (C=O) groups excluding carboxylic acids is 2. The normalized spacial score (nSPS) is 18.8. The van der Waals surface area contributed by atoms with Crippen molar-refractivity contribution in [2.75, 3.05) is 11.9 Å². The van der Waals surface area contributed by atoms with Gasteiger partial charge >= 0.3 is 12.3 Å². The predicted molar refractivity (Wildman–Crippen MR) is 104 cm³/mol. The zero-order valence-corrected chi connectivity index (χ0v) is 17.0. The second kappa shape index (κ2) is 9.38. The van der Waals surface area contributed by atoms with Crippen molar-refractivity contribution in [3.05, 3.63) is 47.2 Å². The molecule has 168 valence electrons. The number of benzene rings is 1. The molecule has 8 nitrogen and oxygen atoms in total. The van der Waals surface area contributed by atoms with E-state index in [-0.39, 0.29) is 31.0 Å². The van der Waals surface area contributed by atoms with Crippen LogP contribution in [-0.2, 0) is 26.9 Å². The smallest absolute Gasteiger partial charge is 0.416 e. The minimum Gasteiger partial charge on any atom is -0.444 e. The number of aromatic nitrogens is 2. The van der Waals surface area contributed by atoms with Crippen molar-refractivity contribution in [2.45, 2.75) is 51.1 Å². The highest BCUT2D eigenvalue weighted by Crippen LogP contribution is 2.31. The molecule has 31 heavy (non-hydrogen) atoms. The Morgan fingerprint density at radius 2 is 2.00 bits per heavy atom. The molecule has 2 aromatic rings. The number of hydrogen-bond donors (Lipinski definition) is 3. The van der Waals surface area contributed by atoms with E-state index in [0.717, 1.165) is 12.1 Å². The quantitative estimate of drug-likeness (QED) is 0.637. The summed E-state index contributed by atoms with van der Waals surface area (Å²) in [7, 11) is 0. The maximum atomic E-state index is 12.6. The average Bonchev–Trinajstić information content (AvgIpc) is 3.30. The van der Waals surface area contributed by atoms with Gasteiger partial charge in [-0.2, -0.15) is 18.3 Å². The van der Waals surface area contributed by atoms with Gasteiger partial charge in [0.25, 0.3) is 0 Å². The van der Waals surface area contributed by atoms with Crippen LogP contribution in [-0.4, -0.2) is 41.0 Å². The van der Waals surface area contributed by atoms with Gasteiger partial charge in [0.2, 0.25) is 5.91 Å². The fourth-order valence-corrected chi connectivity index (χ4v) is 3.07. The molecule has 3 rings (SSSR count). The van der Waals surface area contributed by atoms with Crippen molar-refractivity contribution in [1.82, 2.24) is 15.5 Å². The minimum absolute atomic E-state index is 0.0352. The number of anilines is 1. The zero-order valence-electron chi connectivity index (χ0n) is 17.0. The summed E-state index contributed by atoms with van der Waals surface area (Å²) in [4.78, 5) is 23.9. The zero-order chi connectivity index (χ0) is 22.6. The Labute approximate surface area is 176 Å². The molecular formula is C20H23F3N4O4. The highest BCUT2D eigenvalue weighted by molar-refractivity contribution is 5.91. The fourth-order valence-electron chi connectivity index (χ4n) is 3.07. The number of amides is 2. The summed E-state index contributed by atoms with van der Waals surface area (Å²) in [6, 6.07) is 5.97. The first kappa shape index (κ1) is 22.6. The van der Waals surface area contributed by atoms with Gasteiger partial charge in [-0.25, -0.2) is 4.79 Å². The second-order valence-electron chi connectivity index (χ2n) is 7.51. The summed E-state index contributed by atoms with van der Waals surface area (Å²) >= 11 is 0. The fraction of sp³-hybridized carbons (Fsp3) is 0.450. The molecule has 11 heteroatoms. The first-order chi connectivity index (χ1) is 14.6. The van der Waals surface area contributed by atoms with Crippen LogP contribution in [0.1, 0.15) is 43.2 Å². The summed E-state index contributed by atoms with van der Waals surface area (Å²) in [6.45, 7) is 3.89. The Balaban J connectivity index is 1.49. The van der Waals surface area contributed by atoms with Gasteiger partial charge in [0.05, 0.1) is 24.3 Å². The largest absolute Gasteiger partial charge is 0.444 e. The molecule has 1 aliphatic rings. The second-order valence-corrected chi connectivity index (χ2v) is 7.51. The van der Waals surface area contributed by atoms with Crippen LogP contribution in [0.3, 0.4) is 0 Å². The van der Waals surface area contributed by atoms with Gasteiger partial charge in [-0.05, 0) is 31.5 Å². The molecule has 2 atom stereocenters. The standard InChI is InChI=1S/C20H23F3N4O4/c1-11(2)24-19(29)31-14-8-16(30-10-14)15-9-17(27-26-15)25-18(28)7-12-3-5-13(6-4-12)20(21,22)23/h3-6,9,11,14,16H,7-8,10H2,1-2H3,(H,24,29)(H2,25,26,27,28). The highest BCUT2D eigenvalue weighted by atomic mass is 19.4. The van der Waals surface area contributed by atoms with Gasteiger partial charge in [-0.15, -0.1) is 0 Å². The molecule has 0 spiro atoms. The summed E-state index contributed by atoms with van der Waals surface area (Å²) in [5, 5.41) is 12.0. The van der Waals surface area contributed by atoms with Gasteiger partial charge in [-0.1, -0.05) is 12.1 Å². The molecule has 1 aromatic heterocycles. The minimum atomic E-state index is -4.42. The number of ether oxygens (including phenoxy) is 2. The maximum absolute atomic E-state index is 12.6. The lowest BCUT2D eigenvalue weighted by Gasteiger charge is -2.13. The lowest BCUT2D eigenvalue weighted by Crippen LogP contribution is -2.33. The molecule has 0 aliphatic carbocycles. The van der Waals surface area contributed by atoms with Crippen LogP contribution in [0, 0.1) is 0 Å². The number of halogens is 3. The average molecular weight is 440 g/mol. The van der Waals surface area contributed by atoms with Gasteiger partial charge < -0.3 is 20.1 Å². The number of carbonyl (C=O) groups is 2.